The maximum atomic E-state index is 14.7. The van der Waals surface area contributed by atoms with E-state index >= 15 is 0 Å². The molecule has 0 N–H and O–H groups in total. The molecule has 2 aromatic carbocycles. The predicted molar refractivity (Wildman–Crippen MR) is 98.2 cm³/mol. The van der Waals surface area contributed by atoms with Crippen LogP contribution in [0.25, 0.3) is 5.69 Å². The van der Waals surface area contributed by atoms with Crippen molar-refractivity contribution in [1.29, 1.82) is 0 Å². The van der Waals surface area contributed by atoms with E-state index in [0.29, 0.717) is 24.6 Å². The highest BCUT2D eigenvalue weighted by atomic mass is 19.1. The molecule has 0 bridgehead atoms. The normalized spacial score (nSPS) is 17.1. The van der Waals surface area contributed by atoms with E-state index in [9.17, 15) is 9.18 Å². The molecule has 1 aliphatic heterocycles. The average molecular weight is 365 g/mol. The number of nitrogens with zero attached hydrogens (tertiary/aromatic N) is 5. The van der Waals surface area contributed by atoms with Crippen LogP contribution >= 0.6 is 0 Å². The molecule has 138 valence electrons. The van der Waals surface area contributed by atoms with Crippen LogP contribution in [0.4, 0.5) is 4.39 Å². The van der Waals surface area contributed by atoms with Gasteiger partial charge in [-0.3, -0.25) is 4.79 Å². The van der Waals surface area contributed by atoms with Crippen LogP contribution in [0.5, 0.6) is 0 Å². The topological polar surface area (TPSA) is 63.9 Å². The molecule has 1 aliphatic rings. The van der Waals surface area contributed by atoms with Crippen LogP contribution in [0, 0.1) is 12.7 Å². The summed E-state index contributed by atoms with van der Waals surface area (Å²) in [4.78, 5) is 14.7. The van der Waals surface area contributed by atoms with Gasteiger partial charge in [0.1, 0.15) is 5.82 Å². The minimum Gasteiger partial charge on any atom is -0.338 e. The minimum absolute atomic E-state index is 0.0817. The number of benzene rings is 2. The molecule has 1 fully saturated rings. The molecule has 1 amide bonds. The third-order valence-corrected chi connectivity index (χ3v) is 5.03. The van der Waals surface area contributed by atoms with E-state index in [1.165, 1.54) is 22.4 Å². The van der Waals surface area contributed by atoms with Gasteiger partial charge in [0.05, 0.1) is 11.3 Å². The third-order valence-electron chi connectivity index (χ3n) is 5.03. The number of hydrogen-bond donors (Lipinski definition) is 0. The van der Waals surface area contributed by atoms with Crippen LogP contribution in [0.3, 0.4) is 0 Å². The van der Waals surface area contributed by atoms with Gasteiger partial charge >= 0.3 is 0 Å². The number of aromatic nitrogens is 4. The van der Waals surface area contributed by atoms with Crippen molar-refractivity contribution < 1.29 is 9.18 Å². The van der Waals surface area contributed by atoms with Crippen LogP contribution in [0.1, 0.15) is 40.5 Å². The first-order valence-electron chi connectivity index (χ1n) is 9.02. The van der Waals surface area contributed by atoms with Gasteiger partial charge in [0.25, 0.3) is 5.91 Å². The van der Waals surface area contributed by atoms with Crippen molar-refractivity contribution in [3.8, 4) is 5.69 Å². The van der Waals surface area contributed by atoms with Gasteiger partial charge in [0.2, 0.25) is 0 Å². The van der Waals surface area contributed by atoms with E-state index in [4.69, 9.17) is 0 Å². The zero-order chi connectivity index (χ0) is 18.8. The number of aryl methyl sites for hydroxylation is 1. The fraction of sp³-hybridized carbons (Fsp3) is 0.300. The quantitative estimate of drug-likeness (QED) is 0.715. The summed E-state index contributed by atoms with van der Waals surface area (Å²) in [5.74, 6) is 0.00710. The average Bonchev–Trinajstić information content (AvgIpc) is 3.14. The number of piperidine rings is 1. The SMILES string of the molecule is Cc1nnnn1-c1ccc(C(=O)N2CCCC(c3ccccc3)C2)c(F)c1. The van der Waals surface area contributed by atoms with E-state index in [1.807, 2.05) is 18.2 Å². The molecular weight excluding hydrogens is 345 g/mol. The molecule has 6 nitrogen and oxygen atoms in total. The second kappa shape index (κ2) is 7.26. The molecule has 27 heavy (non-hydrogen) atoms. The summed E-state index contributed by atoms with van der Waals surface area (Å²) in [5, 5.41) is 11.2. The van der Waals surface area contributed by atoms with Gasteiger partial charge in [-0.05, 0) is 47.9 Å². The van der Waals surface area contributed by atoms with Crippen molar-refractivity contribution in [3.05, 3.63) is 71.3 Å². The van der Waals surface area contributed by atoms with Gasteiger partial charge in [0.15, 0.2) is 5.82 Å². The first-order valence-corrected chi connectivity index (χ1v) is 9.02. The Morgan fingerprint density at radius 1 is 1.19 bits per heavy atom. The molecule has 0 radical (unpaired) electrons. The third kappa shape index (κ3) is 3.45. The smallest absolute Gasteiger partial charge is 0.256 e. The molecule has 0 saturated carbocycles. The summed E-state index contributed by atoms with van der Waals surface area (Å²) >= 11 is 0. The number of carbonyl (C=O) groups is 1. The molecule has 0 spiro atoms. The number of likely N-dealkylation sites (tertiary alicyclic amines) is 1. The number of tetrazole rings is 1. The maximum absolute atomic E-state index is 14.7. The summed E-state index contributed by atoms with van der Waals surface area (Å²) in [6.07, 6.45) is 1.95. The highest BCUT2D eigenvalue weighted by Gasteiger charge is 2.27. The van der Waals surface area contributed by atoms with E-state index < -0.39 is 5.82 Å². The van der Waals surface area contributed by atoms with Crippen LogP contribution in [0.2, 0.25) is 0 Å². The summed E-state index contributed by atoms with van der Waals surface area (Å²) in [7, 11) is 0. The Labute approximate surface area is 156 Å². The van der Waals surface area contributed by atoms with Crippen molar-refractivity contribution in [2.24, 2.45) is 0 Å². The van der Waals surface area contributed by atoms with E-state index in [-0.39, 0.29) is 17.4 Å². The first kappa shape index (κ1) is 17.3. The molecular formula is C20H20FN5O. The second-order valence-corrected chi connectivity index (χ2v) is 6.80. The second-order valence-electron chi connectivity index (χ2n) is 6.80. The van der Waals surface area contributed by atoms with Crippen LogP contribution in [-0.2, 0) is 0 Å². The zero-order valence-corrected chi connectivity index (χ0v) is 15.0. The van der Waals surface area contributed by atoms with Crippen LogP contribution < -0.4 is 0 Å². The fourth-order valence-corrected chi connectivity index (χ4v) is 3.61. The van der Waals surface area contributed by atoms with E-state index in [2.05, 4.69) is 27.7 Å². The fourth-order valence-electron chi connectivity index (χ4n) is 3.61. The first-order chi connectivity index (χ1) is 13.1. The van der Waals surface area contributed by atoms with Gasteiger partial charge < -0.3 is 4.90 Å². The highest BCUT2D eigenvalue weighted by Crippen LogP contribution is 2.28. The summed E-state index contributed by atoms with van der Waals surface area (Å²) in [5.41, 5.74) is 1.80. The summed E-state index contributed by atoms with van der Waals surface area (Å²) in [6.45, 7) is 2.99. The maximum Gasteiger partial charge on any atom is 0.256 e. The number of halogens is 1. The molecule has 1 aromatic heterocycles. The molecule has 4 rings (SSSR count). The van der Waals surface area contributed by atoms with E-state index in [0.717, 1.165) is 12.8 Å². The molecule has 1 atom stereocenters. The lowest BCUT2D eigenvalue weighted by Gasteiger charge is -2.33. The van der Waals surface area contributed by atoms with Gasteiger partial charge in [-0.25, -0.2) is 4.39 Å². The van der Waals surface area contributed by atoms with Crippen molar-refractivity contribution in [2.75, 3.05) is 13.1 Å². The zero-order valence-electron chi connectivity index (χ0n) is 15.0. The number of amides is 1. The van der Waals surface area contributed by atoms with Gasteiger partial charge in [0, 0.05) is 25.1 Å². The molecule has 1 unspecified atom stereocenters. The van der Waals surface area contributed by atoms with Crippen LogP contribution in [0.15, 0.2) is 48.5 Å². The lowest BCUT2D eigenvalue weighted by molar-refractivity contribution is 0.0702. The van der Waals surface area contributed by atoms with E-state index in [1.54, 1.807) is 17.9 Å². The van der Waals surface area contributed by atoms with Gasteiger partial charge in [-0.15, -0.1) is 5.10 Å². The molecule has 1 saturated heterocycles. The molecule has 3 aromatic rings. The Bertz CT molecular complexity index is 956. The number of rotatable bonds is 3. The Morgan fingerprint density at radius 2 is 2.00 bits per heavy atom. The molecule has 7 heteroatoms. The largest absolute Gasteiger partial charge is 0.338 e. The van der Waals surface area contributed by atoms with Crippen LogP contribution in [-0.4, -0.2) is 44.1 Å². The molecule has 0 aliphatic carbocycles. The lowest BCUT2D eigenvalue weighted by atomic mass is 9.90. The number of hydrogen-bond acceptors (Lipinski definition) is 4. The standard InChI is InChI=1S/C20H20FN5O/c1-14-22-23-24-26(14)17-9-10-18(19(21)12-17)20(27)25-11-5-8-16(13-25)15-6-3-2-4-7-15/h2-4,6-7,9-10,12,16H,5,8,11,13H2,1H3. The Kier molecular flexibility index (Phi) is 4.66. The lowest BCUT2D eigenvalue weighted by Crippen LogP contribution is -2.39. The Balaban J connectivity index is 1.55. The van der Waals surface area contributed by atoms with Crippen molar-refractivity contribution in [2.45, 2.75) is 25.7 Å². The monoisotopic (exact) mass is 365 g/mol. The van der Waals surface area contributed by atoms with Crippen molar-refractivity contribution in [3.63, 3.8) is 0 Å². The van der Waals surface area contributed by atoms with Crippen molar-refractivity contribution in [1.82, 2.24) is 25.1 Å². The highest BCUT2D eigenvalue weighted by molar-refractivity contribution is 5.94. The van der Waals surface area contributed by atoms with Gasteiger partial charge in [-0.1, -0.05) is 30.3 Å². The predicted octanol–water partition coefficient (Wildman–Crippen LogP) is 3.13. The number of carbonyl (C=O) groups excluding carboxylic acids is 1. The molecule has 2 heterocycles. The van der Waals surface area contributed by atoms with Gasteiger partial charge in [-0.2, -0.15) is 4.68 Å². The minimum atomic E-state index is -0.561. The Morgan fingerprint density at radius 3 is 2.70 bits per heavy atom. The van der Waals surface area contributed by atoms with Crippen molar-refractivity contribution >= 4 is 5.91 Å². The Hall–Kier alpha value is -3.09. The summed E-state index contributed by atoms with van der Waals surface area (Å²) in [6, 6.07) is 14.7. The summed E-state index contributed by atoms with van der Waals surface area (Å²) < 4.78 is 16.1.